The number of aromatic nitrogens is 1. The van der Waals surface area contributed by atoms with Gasteiger partial charge in [0.1, 0.15) is 6.61 Å². The fraction of sp³-hybridized carbons (Fsp3) is 0.368. The Morgan fingerprint density at radius 2 is 2.22 bits per heavy atom. The van der Waals surface area contributed by atoms with Crippen LogP contribution in [0.5, 0.6) is 5.88 Å². The first-order valence-electron chi connectivity index (χ1n) is 8.02. The molecular formula is C19H20ClIN2O3S. The van der Waals surface area contributed by atoms with Gasteiger partial charge in [-0.15, -0.1) is 11.8 Å². The summed E-state index contributed by atoms with van der Waals surface area (Å²) in [7, 11) is 1.57. The second-order valence-corrected chi connectivity index (χ2v) is 8.59. The third-order valence-electron chi connectivity index (χ3n) is 3.42. The summed E-state index contributed by atoms with van der Waals surface area (Å²) in [4.78, 5) is 17.2. The first kappa shape index (κ1) is 22.1. The van der Waals surface area contributed by atoms with E-state index >= 15 is 0 Å². The maximum absolute atomic E-state index is 12.7. The Bertz CT molecular complexity index is 896. The maximum Gasteiger partial charge on any atom is 0.272 e. The van der Waals surface area contributed by atoms with Crippen molar-refractivity contribution in [2.45, 2.75) is 24.8 Å². The number of methoxy groups -OCH3 is 1. The number of hydrogen-bond donors (Lipinski definition) is 1. The SMILES string of the molecule is COCC#CC(C)(C)NC(=O)C(Oc1nc2c(Cl)cccc2cc1I)SC. The van der Waals surface area contributed by atoms with E-state index in [0.717, 1.165) is 8.96 Å². The summed E-state index contributed by atoms with van der Waals surface area (Å²) in [6.45, 7) is 3.95. The summed E-state index contributed by atoms with van der Waals surface area (Å²) < 4.78 is 11.6. The number of nitrogens with zero attached hydrogens (tertiary/aromatic N) is 1. The molecule has 0 radical (unpaired) electrons. The number of hydrogen-bond acceptors (Lipinski definition) is 5. The number of amides is 1. The van der Waals surface area contributed by atoms with E-state index in [1.165, 1.54) is 11.8 Å². The summed E-state index contributed by atoms with van der Waals surface area (Å²) in [6, 6.07) is 7.50. The van der Waals surface area contributed by atoms with E-state index in [1.807, 2.05) is 32.0 Å². The van der Waals surface area contributed by atoms with Gasteiger partial charge in [-0.05, 0) is 54.8 Å². The Morgan fingerprint density at radius 3 is 2.89 bits per heavy atom. The van der Waals surface area contributed by atoms with Crippen molar-refractivity contribution in [3.8, 4) is 17.7 Å². The van der Waals surface area contributed by atoms with Gasteiger partial charge in [-0.25, -0.2) is 4.98 Å². The normalized spacial score (nSPS) is 12.2. The second-order valence-electron chi connectivity index (χ2n) is 6.12. The lowest BCUT2D eigenvalue weighted by molar-refractivity contribution is -0.125. The van der Waals surface area contributed by atoms with Gasteiger partial charge in [0.05, 0.1) is 19.6 Å². The van der Waals surface area contributed by atoms with Crippen LogP contribution in [0.15, 0.2) is 24.3 Å². The van der Waals surface area contributed by atoms with Crippen molar-refractivity contribution in [3.63, 3.8) is 0 Å². The number of benzene rings is 1. The highest BCUT2D eigenvalue weighted by molar-refractivity contribution is 14.1. The molecule has 0 saturated carbocycles. The van der Waals surface area contributed by atoms with E-state index in [-0.39, 0.29) is 5.91 Å². The molecule has 0 spiro atoms. The molecule has 27 heavy (non-hydrogen) atoms. The number of thioether (sulfide) groups is 1. The van der Waals surface area contributed by atoms with Crippen LogP contribution in [-0.4, -0.2) is 41.8 Å². The molecular weight excluding hydrogens is 499 g/mol. The average Bonchev–Trinajstić information content (AvgIpc) is 2.60. The van der Waals surface area contributed by atoms with Crippen LogP contribution in [-0.2, 0) is 9.53 Å². The fourth-order valence-electron chi connectivity index (χ4n) is 2.24. The van der Waals surface area contributed by atoms with Crippen molar-refractivity contribution < 1.29 is 14.3 Å². The van der Waals surface area contributed by atoms with Crippen LogP contribution in [0.3, 0.4) is 0 Å². The van der Waals surface area contributed by atoms with Gasteiger partial charge in [0.15, 0.2) is 0 Å². The van der Waals surface area contributed by atoms with Crippen molar-refractivity contribution in [1.29, 1.82) is 0 Å². The summed E-state index contributed by atoms with van der Waals surface area (Å²) in [5.41, 5.74) is -0.838. The van der Waals surface area contributed by atoms with Crippen molar-refractivity contribution in [3.05, 3.63) is 32.9 Å². The maximum atomic E-state index is 12.7. The van der Waals surface area contributed by atoms with Gasteiger partial charge >= 0.3 is 0 Å². The van der Waals surface area contributed by atoms with E-state index in [2.05, 4.69) is 44.7 Å². The van der Waals surface area contributed by atoms with Crippen LogP contribution in [0.1, 0.15) is 13.8 Å². The zero-order chi connectivity index (χ0) is 20.0. The molecule has 2 aromatic rings. The van der Waals surface area contributed by atoms with Gasteiger partial charge in [-0.1, -0.05) is 35.6 Å². The predicted octanol–water partition coefficient (Wildman–Crippen LogP) is 4.11. The molecule has 144 valence electrons. The Kier molecular flexibility index (Phi) is 8.04. The van der Waals surface area contributed by atoms with E-state index in [0.29, 0.717) is 23.0 Å². The molecule has 1 amide bonds. The quantitative estimate of drug-likeness (QED) is 0.354. The van der Waals surface area contributed by atoms with Crippen molar-refractivity contribution in [1.82, 2.24) is 10.3 Å². The Labute approximate surface area is 182 Å². The molecule has 1 atom stereocenters. The average molecular weight is 519 g/mol. The van der Waals surface area contributed by atoms with E-state index in [4.69, 9.17) is 21.1 Å². The second kappa shape index (κ2) is 9.82. The lowest BCUT2D eigenvalue weighted by Crippen LogP contribution is -2.47. The highest BCUT2D eigenvalue weighted by Gasteiger charge is 2.26. The predicted molar refractivity (Wildman–Crippen MR) is 119 cm³/mol. The van der Waals surface area contributed by atoms with Crippen molar-refractivity contribution in [2.24, 2.45) is 0 Å². The zero-order valence-corrected chi connectivity index (χ0v) is 19.2. The van der Waals surface area contributed by atoms with Crippen LogP contribution in [0.25, 0.3) is 10.9 Å². The summed E-state index contributed by atoms with van der Waals surface area (Å²) in [6.07, 6.45) is 1.80. The number of fused-ring (bicyclic) bond motifs is 1. The lowest BCUT2D eigenvalue weighted by Gasteiger charge is -2.24. The number of carbonyl (C=O) groups is 1. The molecule has 2 rings (SSSR count). The third-order valence-corrected chi connectivity index (χ3v) is 5.23. The van der Waals surface area contributed by atoms with Gasteiger partial charge < -0.3 is 14.8 Å². The highest BCUT2D eigenvalue weighted by Crippen LogP contribution is 2.29. The summed E-state index contributed by atoms with van der Waals surface area (Å²) in [5.74, 6) is 5.92. The topological polar surface area (TPSA) is 60.5 Å². The van der Waals surface area contributed by atoms with Crippen LogP contribution in [0.4, 0.5) is 0 Å². The van der Waals surface area contributed by atoms with E-state index in [1.54, 1.807) is 19.4 Å². The number of para-hydroxylation sites is 1. The van der Waals surface area contributed by atoms with Crippen molar-refractivity contribution >= 4 is 62.8 Å². The fourth-order valence-corrected chi connectivity index (χ4v) is 3.51. The smallest absolute Gasteiger partial charge is 0.272 e. The zero-order valence-electron chi connectivity index (χ0n) is 15.4. The number of carbonyl (C=O) groups excluding carboxylic acids is 1. The van der Waals surface area contributed by atoms with E-state index in [9.17, 15) is 4.79 Å². The minimum atomic E-state index is -0.769. The van der Waals surface area contributed by atoms with Gasteiger partial charge in [0.25, 0.3) is 5.91 Å². The van der Waals surface area contributed by atoms with Gasteiger partial charge in [-0.2, -0.15) is 0 Å². The molecule has 0 fully saturated rings. The molecule has 1 N–H and O–H groups in total. The van der Waals surface area contributed by atoms with Gasteiger partial charge in [-0.3, -0.25) is 4.79 Å². The Hall–Kier alpha value is -1.21. The minimum Gasteiger partial charge on any atom is -0.452 e. The van der Waals surface area contributed by atoms with Crippen molar-refractivity contribution in [2.75, 3.05) is 20.0 Å². The van der Waals surface area contributed by atoms with E-state index < -0.39 is 11.0 Å². The van der Waals surface area contributed by atoms with Crippen LogP contribution >= 0.6 is 46.0 Å². The summed E-state index contributed by atoms with van der Waals surface area (Å²) in [5, 5.41) is 4.34. The first-order chi connectivity index (χ1) is 12.8. The van der Waals surface area contributed by atoms with Crippen LogP contribution in [0, 0.1) is 15.4 Å². The standard InChI is InChI=1S/C19H20ClIN2O3S/c1-19(2,9-6-10-25-3)23-16(24)18(27-4)26-17-14(21)11-12-7-5-8-13(20)15(12)22-17/h5,7-8,11,18H,10H2,1-4H3,(H,23,24). The van der Waals surface area contributed by atoms with Crippen LogP contribution in [0.2, 0.25) is 5.02 Å². The van der Waals surface area contributed by atoms with Crippen LogP contribution < -0.4 is 10.1 Å². The highest BCUT2D eigenvalue weighted by atomic mass is 127. The molecule has 0 aliphatic heterocycles. The lowest BCUT2D eigenvalue weighted by atomic mass is 10.1. The van der Waals surface area contributed by atoms with Gasteiger partial charge in [0.2, 0.25) is 11.3 Å². The number of rotatable bonds is 6. The monoisotopic (exact) mass is 518 g/mol. The molecule has 1 unspecified atom stereocenters. The number of pyridine rings is 1. The number of halogens is 2. The largest absolute Gasteiger partial charge is 0.452 e. The molecule has 8 heteroatoms. The first-order valence-corrected chi connectivity index (χ1v) is 10.8. The molecule has 5 nitrogen and oxygen atoms in total. The Balaban J connectivity index is 2.20. The molecule has 0 aliphatic carbocycles. The minimum absolute atomic E-state index is 0.281. The molecule has 0 saturated heterocycles. The van der Waals surface area contributed by atoms with Gasteiger partial charge in [0, 0.05) is 12.5 Å². The molecule has 0 aliphatic rings. The number of ether oxygens (including phenoxy) is 2. The molecule has 1 aromatic heterocycles. The molecule has 1 heterocycles. The summed E-state index contributed by atoms with van der Waals surface area (Å²) >= 11 is 9.64. The number of nitrogens with one attached hydrogen (secondary N) is 1. The molecule has 1 aromatic carbocycles. The molecule has 0 bridgehead atoms. The third kappa shape index (κ3) is 6.14. The Morgan fingerprint density at radius 1 is 1.48 bits per heavy atom.